The molecule has 108 valence electrons. The maximum absolute atomic E-state index is 13.6. The predicted octanol–water partition coefficient (Wildman–Crippen LogP) is 2.46. The van der Waals surface area contributed by atoms with Crippen molar-refractivity contribution in [2.75, 3.05) is 20.3 Å². The van der Waals surface area contributed by atoms with E-state index in [1.165, 1.54) is 12.1 Å². The third-order valence-electron chi connectivity index (χ3n) is 2.84. The Bertz CT molecular complexity index is 559. The van der Waals surface area contributed by atoms with Crippen molar-refractivity contribution in [1.82, 2.24) is 15.1 Å². The van der Waals surface area contributed by atoms with Gasteiger partial charge in [-0.05, 0) is 18.2 Å². The topological polar surface area (TPSA) is 39.1 Å². The molecule has 0 fully saturated rings. The van der Waals surface area contributed by atoms with Gasteiger partial charge in [0.05, 0.1) is 19.3 Å². The number of nitrogens with zero attached hydrogens (tertiary/aromatic N) is 2. The van der Waals surface area contributed by atoms with Crippen LogP contribution in [0.1, 0.15) is 11.1 Å². The predicted molar refractivity (Wildman–Crippen MR) is 76.3 cm³/mol. The molecule has 0 saturated heterocycles. The number of hydrogen-bond donors (Lipinski definition) is 1. The maximum atomic E-state index is 13.6. The van der Waals surface area contributed by atoms with E-state index in [1.807, 2.05) is 6.20 Å². The molecule has 0 spiro atoms. The van der Waals surface area contributed by atoms with E-state index in [0.29, 0.717) is 30.3 Å². The van der Waals surface area contributed by atoms with Crippen LogP contribution < -0.4 is 5.32 Å². The number of halogens is 2. The summed E-state index contributed by atoms with van der Waals surface area (Å²) in [7, 11) is 1.67. The van der Waals surface area contributed by atoms with Gasteiger partial charge in [-0.1, -0.05) is 11.6 Å². The largest absolute Gasteiger partial charge is 0.383 e. The molecule has 0 bridgehead atoms. The second kappa shape index (κ2) is 7.38. The minimum absolute atomic E-state index is 0.273. The third kappa shape index (κ3) is 4.30. The summed E-state index contributed by atoms with van der Waals surface area (Å²) in [5.41, 5.74) is 1.57. The monoisotopic (exact) mass is 297 g/mol. The lowest BCUT2D eigenvalue weighted by Crippen LogP contribution is -2.18. The molecule has 0 amide bonds. The highest BCUT2D eigenvalue weighted by molar-refractivity contribution is 6.30. The summed E-state index contributed by atoms with van der Waals surface area (Å²) < 4.78 is 20.3. The lowest BCUT2D eigenvalue weighted by molar-refractivity contribution is 0.199. The minimum atomic E-state index is -0.273. The molecule has 1 N–H and O–H groups in total. The van der Waals surface area contributed by atoms with Gasteiger partial charge in [0.2, 0.25) is 0 Å². The van der Waals surface area contributed by atoms with Crippen LogP contribution in [0.4, 0.5) is 4.39 Å². The SMILES string of the molecule is COCCNCc1cnn(Cc2cc(Cl)ccc2F)c1. The van der Waals surface area contributed by atoms with Gasteiger partial charge in [-0.25, -0.2) is 4.39 Å². The van der Waals surface area contributed by atoms with Gasteiger partial charge in [0.25, 0.3) is 0 Å². The van der Waals surface area contributed by atoms with Crippen LogP contribution >= 0.6 is 11.6 Å². The van der Waals surface area contributed by atoms with E-state index in [1.54, 1.807) is 24.1 Å². The van der Waals surface area contributed by atoms with Crippen molar-refractivity contribution >= 4 is 11.6 Å². The van der Waals surface area contributed by atoms with Crippen LogP contribution in [0.3, 0.4) is 0 Å². The van der Waals surface area contributed by atoms with Crippen LogP contribution in [0.15, 0.2) is 30.6 Å². The third-order valence-corrected chi connectivity index (χ3v) is 3.07. The smallest absolute Gasteiger partial charge is 0.128 e. The first-order chi connectivity index (χ1) is 9.69. The molecule has 0 aliphatic carbocycles. The highest BCUT2D eigenvalue weighted by atomic mass is 35.5. The number of methoxy groups -OCH3 is 1. The average Bonchev–Trinajstić information content (AvgIpc) is 2.87. The molecule has 2 rings (SSSR count). The Kier molecular flexibility index (Phi) is 5.52. The Morgan fingerprint density at radius 1 is 1.45 bits per heavy atom. The number of hydrogen-bond acceptors (Lipinski definition) is 3. The van der Waals surface area contributed by atoms with Gasteiger partial charge in [0, 0.05) is 42.5 Å². The number of benzene rings is 1. The van der Waals surface area contributed by atoms with E-state index in [4.69, 9.17) is 16.3 Å². The molecule has 4 nitrogen and oxygen atoms in total. The van der Waals surface area contributed by atoms with Crippen molar-refractivity contribution in [1.29, 1.82) is 0 Å². The first kappa shape index (κ1) is 15.0. The molecule has 6 heteroatoms. The Morgan fingerprint density at radius 3 is 3.10 bits per heavy atom. The Labute approximate surface area is 122 Å². The standard InChI is InChI=1S/C14H17ClFN3O/c1-20-5-4-17-7-11-8-18-19(9-11)10-12-6-13(15)2-3-14(12)16/h2-3,6,8-9,17H,4-5,7,10H2,1H3. The number of rotatable bonds is 7. The minimum Gasteiger partial charge on any atom is -0.383 e. The zero-order valence-electron chi connectivity index (χ0n) is 11.3. The molecule has 0 aliphatic rings. The Balaban J connectivity index is 1.93. The first-order valence-corrected chi connectivity index (χ1v) is 6.72. The van der Waals surface area contributed by atoms with Crippen molar-refractivity contribution in [2.45, 2.75) is 13.1 Å². The summed E-state index contributed by atoms with van der Waals surface area (Å²) in [4.78, 5) is 0. The normalized spacial score (nSPS) is 10.9. The molecule has 0 saturated carbocycles. The Morgan fingerprint density at radius 2 is 2.30 bits per heavy atom. The second-order valence-corrected chi connectivity index (χ2v) is 4.89. The summed E-state index contributed by atoms with van der Waals surface area (Å²) in [5, 5.41) is 7.97. The Hall–Kier alpha value is -1.43. The fraction of sp³-hybridized carbons (Fsp3) is 0.357. The quantitative estimate of drug-likeness (QED) is 0.798. The van der Waals surface area contributed by atoms with Crippen molar-refractivity contribution in [3.63, 3.8) is 0 Å². The second-order valence-electron chi connectivity index (χ2n) is 4.45. The average molecular weight is 298 g/mol. The van der Waals surface area contributed by atoms with Gasteiger partial charge >= 0.3 is 0 Å². The van der Waals surface area contributed by atoms with Crippen LogP contribution in [0.25, 0.3) is 0 Å². The zero-order chi connectivity index (χ0) is 14.4. The van der Waals surface area contributed by atoms with Crippen LogP contribution in [-0.2, 0) is 17.8 Å². The molecule has 1 aromatic carbocycles. The van der Waals surface area contributed by atoms with Crippen molar-refractivity contribution in [2.24, 2.45) is 0 Å². The van der Waals surface area contributed by atoms with Gasteiger partial charge in [0.15, 0.2) is 0 Å². The van der Waals surface area contributed by atoms with Gasteiger partial charge in [-0.2, -0.15) is 5.10 Å². The number of ether oxygens (including phenoxy) is 1. The van der Waals surface area contributed by atoms with Gasteiger partial charge in [-0.3, -0.25) is 4.68 Å². The van der Waals surface area contributed by atoms with E-state index < -0.39 is 0 Å². The molecule has 0 aliphatic heterocycles. The highest BCUT2D eigenvalue weighted by Gasteiger charge is 2.05. The molecule has 1 heterocycles. The molecular weight excluding hydrogens is 281 g/mol. The van der Waals surface area contributed by atoms with E-state index in [9.17, 15) is 4.39 Å². The van der Waals surface area contributed by atoms with Gasteiger partial charge in [-0.15, -0.1) is 0 Å². The van der Waals surface area contributed by atoms with Crippen molar-refractivity contribution in [3.05, 3.63) is 52.6 Å². The molecule has 0 atom stereocenters. The summed E-state index contributed by atoms with van der Waals surface area (Å²) in [5.74, 6) is -0.273. The number of nitrogens with one attached hydrogen (secondary N) is 1. The summed E-state index contributed by atoms with van der Waals surface area (Å²) in [6.45, 7) is 2.53. The summed E-state index contributed by atoms with van der Waals surface area (Å²) >= 11 is 5.87. The maximum Gasteiger partial charge on any atom is 0.128 e. The number of aromatic nitrogens is 2. The van der Waals surface area contributed by atoms with E-state index in [2.05, 4.69) is 10.4 Å². The van der Waals surface area contributed by atoms with Crippen LogP contribution in [0, 0.1) is 5.82 Å². The highest BCUT2D eigenvalue weighted by Crippen LogP contribution is 2.16. The van der Waals surface area contributed by atoms with Crippen molar-refractivity contribution < 1.29 is 9.13 Å². The molecule has 1 aromatic heterocycles. The van der Waals surface area contributed by atoms with Gasteiger partial charge < -0.3 is 10.1 Å². The molecule has 0 radical (unpaired) electrons. The van der Waals surface area contributed by atoms with Gasteiger partial charge in [0.1, 0.15) is 5.82 Å². The van der Waals surface area contributed by atoms with E-state index in [0.717, 1.165) is 12.1 Å². The zero-order valence-corrected chi connectivity index (χ0v) is 12.0. The van der Waals surface area contributed by atoms with Crippen LogP contribution in [-0.4, -0.2) is 30.0 Å². The van der Waals surface area contributed by atoms with Crippen LogP contribution in [0.5, 0.6) is 0 Å². The molecule has 0 unspecified atom stereocenters. The van der Waals surface area contributed by atoms with E-state index >= 15 is 0 Å². The lowest BCUT2D eigenvalue weighted by atomic mass is 10.2. The first-order valence-electron chi connectivity index (χ1n) is 6.34. The fourth-order valence-corrected chi connectivity index (χ4v) is 2.02. The summed E-state index contributed by atoms with van der Waals surface area (Å²) in [6, 6.07) is 4.53. The lowest BCUT2D eigenvalue weighted by Gasteiger charge is -2.04. The fourth-order valence-electron chi connectivity index (χ4n) is 1.83. The molecule has 2 aromatic rings. The molecule has 20 heavy (non-hydrogen) atoms. The van der Waals surface area contributed by atoms with Crippen LogP contribution in [0.2, 0.25) is 5.02 Å². The van der Waals surface area contributed by atoms with Crippen molar-refractivity contribution in [3.8, 4) is 0 Å². The molecular formula is C14H17ClFN3O. The summed E-state index contributed by atoms with van der Waals surface area (Å²) in [6.07, 6.45) is 3.66. The van der Waals surface area contributed by atoms with E-state index in [-0.39, 0.29) is 5.82 Å².